The van der Waals surface area contributed by atoms with Crippen molar-refractivity contribution in [1.29, 1.82) is 0 Å². The monoisotopic (exact) mass is 401 g/mol. The Morgan fingerprint density at radius 1 is 1.07 bits per heavy atom. The molecule has 154 valence electrons. The number of rotatable bonds is 6. The summed E-state index contributed by atoms with van der Waals surface area (Å²) in [6.45, 7) is 10.4. The molecule has 0 atom stereocenters. The van der Waals surface area contributed by atoms with Crippen molar-refractivity contribution in [1.82, 2.24) is 14.6 Å². The summed E-state index contributed by atoms with van der Waals surface area (Å²) in [6, 6.07) is 12.6. The van der Waals surface area contributed by atoms with Gasteiger partial charge >= 0.3 is 0 Å². The van der Waals surface area contributed by atoms with Gasteiger partial charge in [0.1, 0.15) is 0 Å². The van der Waals surface area contributed by atoms with E-state index in [1.54, 1.807) is 0 Å². The maximum Gasteiger partial charge on any atom is 0.167 e. The highest BCUT2D eigenvalue weighted by Gasteiger charge is 2.25. The highest BCUT2D eigenvalue weighted by Crippen LogP contribution is 2.38. The van der Waals surface area contributed by atoms with Gasteiger partial charge in [-0.2, -0.15) is 0 Å². The molecule has 0 radical (unpaired) electrons. The lowest BCUT2D eigenvalue weighted by Crippen LogP contribution is -2.26. The molecule has 1 aliphatic rings. The topological polar surface area (TPSA) is 51.3 Å². The molecular formula is C25H27N3O2. The normalized spacial score (nSPS) is 13.8. The van der Waals surface area contributed by atoms with Crippen LogP contribution in [0, 0.1) is 6.92 Å². The molecule has 0 saturated heterocycles. The number of hydrogen-bond acceptors (Lipinski definition) is 4. The molecular weight excluding hydrogens is 374 g/mol. The Balaban J connectivity index is 1.73. The van der Waals surface area contributed by atoms with Crippen molar-refractivity contribution in [2.75, 3.05) is 19.6 Å². The molecule has 2 heterocycles. The summed E-state index contributed by atoms with van der Waals surface area (Å²) in [5.74, 6) is 1.04. The third-order valence-corrected chi connectivity index (χ3v) is 6.49. The van der Waals surface area contributed by atoms with Gasteiger partial charge in [-0.05, 0) is 62.3 Å². The second kappa shape index (κ2) is 7.40. The smallest absolute Gasteiger partial charge is 0.167 e. The lowest BCUT2D eigenvalue weighted by Gasteiger charge is -2.19. The van der Waals surface area contributed by atoms with E-state index in [2.05, 4.69) is 52.7 Å². The molecule has 0 fully saturated rings. The van der Waals surface area contributed by atoms with E-state index in [4.69, 9.17) is 4.52 Å². The van der Waals surface area contributed by atoms with Crippen LogP contribution in [0.4, 0.5) is 0 Å². The third-order valence-electron chi connectivity index (χ3n) is 6.49. The zero-order valence-electron chi connectivity index (χ0n) is 17.9. The van der Waals surface area contributed by atoms with Crippen LogP contribution in [0.3, 0.4) is 0 Å². The first-order chi connectivity index (χ1) is 14.6. The van der Waals surface area contributed by atoms with Crippen molar-refractivity contribution in [2.24, 2.45) is 0 Å². The van der Waals surface area contributed by atoms with Gasteiger partial charge < -0.3 is 14.0 Å². The van der Waals surface area contributed by atoms with Crippen LogP contribution < -0.4 is 0 Å². The van der Waals surface area contributed by atoms with E-state index in [9.17, 15) is 4.79 Å². The van der Waals surface area contributed by atoms with Gasteiger partial charge in [0.2, 0.25) is 0 Å². The van der Waals surface area contributed by atoms with Crippen LogP contribution in [0.2, 0.25) is 0 Å². The van der Waals surface area contributed by atoms with Gasteiger partial charge in [-0.3, -0.25) is 4.79 Å². The Hall–Kier alpha value is -2.92. The number of hydrogen-bond donors (Lipinski definition) is 0. The van der Waals surface area contributed by atoms with Gasteiger partial charge in [0.05, 0.1) is 5.69 Å². The number of nitrogens with zero attached hydrogens (tertiary/aromatic N) is 3. The Bertz CT molecular complexity index is 1260. The molecule has 0 unspecified atom stereocenters. The fourth-order valence-electron chi connectivity index (χ4n) is 4.83. The summed E-state index contributed by atoms with van der Waals surface area (Å²) < 4.78 is 7.94. The average Bonchev–Trinajstić information content (AvgIpc) is 3.44. The lowest BCUT2D eigenvalue weighted by atomic mass is 10.0. The first-order valence-electron chi connectivity index (χ1n) is 10.9. The van der Waals surface area contributed by atoms with Crippen molar-refractivity contribution < 1.29 is 9.32 Å². The quantitative estimate of drug-likeness (QED) is 0.444. The van der Waals surface area contributed by atoms with Crippen LogP contribution in [0.1, 0.15) is 41.9 Å². The van der Waals surface area contributed by atoms with Gasteiger partial charge in [-0.1, -0.05) is 19.0 Å². The molecule has 5 nitrogen and oxygen atoms in total. The third kappa shape index (κ3) is 2.96. The number of carbonyl (C=O) groups excluding carboxylic acids is 1. The van der Waals surface area contributed by atoms with E-state index in [0.717, 1.165) is 55.2 Å². The number of aryl methyl sites for hydroxylation is 2. The molecule has 2 aromatic heterocycles. The second-order valence-corrected chi connectivity index (χ2v) is 8.15. The van der Waals surface area contributed by atoms with Crippen molar-refractivity contribution in [3.63, 3.8) is 0 Å². The molecule has 5 rings (SSSR count). The summed E-state index contributed by atoms with van der Waals surface area (Å²) in [7, 11) is 0. The number of benzene rings is 2. The standard InChI is InChI=1S/C25H27N3O2/c1-4-27(5-2)12-13-28-21-9-6-17(24-14-16(3)26-30-24)15-20(21)25-19-8-11-23(29)18(19)7-10-22(25)28/h6-7,9-10,14-15H,4-5,8,11-13H2,1-3H3. The summed E-state index contributed by atoms with van der Waals surface area (Å²) in [6.07, 6.45) is 1.44. The molecule has 30 heavy (non-hydrogen) atoms. The van der Waals surface area contributed by atoms with E-state index in [0.29, 0.717) is 6.42 Å². The number of aromatic nitrogens is 2. The zero-order chi connectivity index (χ0) is 20.8. The van der Waals surface area contributed by atoms with Gasteiger partial charge in [0.15, 0.2) is 11.5 Å². The number of ketones is 1. The Kier molecular flexibility index (Phi) is 4.70. The molecule has 0 bridgehead atoms. The summed E-state index contributed by atoms with van der Waals surface area (Å²) >= 11 is 0. The molecule has 5 heteroatoms. The fourth-order valence-corrected chi connectivity index (χ4v) is 4.83. The molecule has 1 aliphatic carbocycles. The average molecular weight is 402 g/mol. The van der Waals surface area contributed by atoms with Crippen molar-refractivity contribution in [3.05, 3.63) is 53.2 Å². The van der Waals surface area contributed by atoms with Crippen molar-refractivity contribution in [2.45, 2.75) is 40.2 Å². The van der Waals surface area contributed by atoms with Crippen LogP contribution in [0.5, 0.6) is 0 Å². The molecule has 0 N–H and O–H groups in total. The van der Waals surface area contributed by atoms with Crippen LogP contribution in [0.15, 0.2) is 40.9 Å². The van der Waals surface area contributed by atoms with E-state index in [-0.39, 0.29) is 5.78 Å². The van der Waals surface area contributed by atoms with Crippen LogP contribution >= 0.6 is 0 Å². The summed E-state index contributed by atoms with van der Waals surface area (Å²) in [4.78, 5) is 14.8. The molecule has 0 saturated carbocycles. The number of Topliss-reactive ketones (excluding diaryl/α,β-unsaturated/α-hetero) is 1. The second-order valence-electron chi connectivity index (χ2n) is 8.15. The Morgan fingerprint density at radius 3 is 2.60 bits per heavy atom. The summed E-state index contributed by atoms with van der Waals surface area (Å²) in [5.41, 5.74) is 6.42. The van der Waals surface area contributed by atoms with Crippen LogP contribution in [-0.2, 0) is 13.0 Å². The molecule has 0 spiro atoms. The van der Waals surface area contributed by atoms with E-state index in [1.165, 1.54) is 27.4 Å². The van der Waals surface area contributed by atoms with Gasteiger partial charge in [-0.15, -0.1) is 0 Å². The molecule has 2 aromatic carbocycles. The van der Waals surface area contributed by atoms with Crippen LogP contribution in [-0.4, -0.2) is 40.0 Å². The van der Waals surface area contributed by atoms with Crippen molar-refractivity contribution in [3.8, 4) is 11.3 Å². The first-order valence-corrected chi connectivity index (χ1v) is 10.9. The largest absolute Gasteiger partial charge is 0.356 e. The minimum atomic E-state index is 0.262. The highest BCUT2D eigenvalue weighted by atomic mass is 16.5. The number of fused-ring (bicyclic) bond motifs is 5. The van der Waals surface area contributed by atoms with Gasteiger partial charge in [0.25, 0.3) is 0 Å². The molecule has 0 amide bonds. The molecule has 4 aromatic rings. The maximum atomic E-state index is 12.4. The van der Waals surface area contributed by atoms with Crippen molar-refractivity contribution >= 4 is 27.6 Å². The van der Waals surface area contributed by atoms with Gasteiger partial charge in [0, 0.05) is 58.5 Å². The molecule has 0 aliphatic heterocycles. The number of likely N-dealkylation sites (N-methyl/N-ethyl adjacent to an activating group) is 1. The minimum Gasteiger partial charge on any atom is -0.356 e. The maximum absolute atomic E-state index is 12.4. The highest BCUT2D eigenvalue weighted by molar-refractivity contribution is 6.15. The van der Waals surface area contributed by atoms with E-state index < -0.39 is 0 Å². The SMILES string of the molecule is CCN(CC)CCn1c2ccc(-c3cc(C)no3)cc2c2c3c(ccc21)C(=O)CC3. The fraction of sp³-hybridized carbons (Fsp3) is 0.360. The summed E-state index contributed by atoms with van der Waals surface area (Å²) in [5, 5.41) is 6.47. The van der Waals surface area contributed by atoms with Gasteiger partial charge in [-0.25, -0.2) is 0 Å². The van der Waals surface area contributed by atoms with Crippen LogP contribution in [0.25, 0.3) is 33.1 Å². The predicted octanol–water partition coefficient (Wildman–Crippen LogP) is 5.23. The van der Waals surface area contributed by atoms with E-state index >= 15 is 0 Å². The predicted molar refractivity (Wildman–Crippen MR) is 120 cm³/mol. The Morgan fingerprint density at radius 2 is 1.87 bits per heavy atom. The van der Waals surface area contributed by atoms with E-state index in [1.807, 2.05) is 19.1 Å². The lowest BCUT2D eigenvalue weighted by molar-refractivity contribution is 0.0994. The first kappa shape index (κ1) is 19.1. The Labute approximate surface area is 176 Å². The minimum absolute atomic E-state index is 0.262. The number of carbonyl (C=O) groups is 1. The zero-order valence-corrected chi connectivity index (χ0v) is 17.9.